The summed E-state index contributed by atoms with van der Waals surface area (Å²) < 4.78 is 5.49. The van der Waals surface area contributed by atoms with E-state index in [9.17, 15) is 14.4 Å². The molecule has 3 amide bonds. The number of nitrogens with one attached hydrogen (secondary N) is 2. The van der Waals surface area contributed by atoms with Crippen LogP contribution in [0.15, 0.2) is 49.0 Å². The van der Waals surface area contributed by atoms with Crippen molar-refractivity contribution in [1.82, 2.24) is 10.2 Å². The molecule has 0 radical (unpaired) electrons. The van der Waals surface area contributed by atoms with Gasteiger partial charge in [-0.1, -0.05) is 75.4 Å². The molecule has 41 heavy (non-hydrogen) atoms. The average Bonchev–Trinajstić information content (AvgIpc) is 2.87. The second-order valence-corrected chi connectivity index (χ2v) is 12.8. The monoisotopic (exact) mass is 583 g/mol. The molecule has 0 heterocycles. The van der Waals surface area contributed by atoms with Crippen LogP contribution in [0, 0.1) is 12.8 Å². The van der Waals surface area contributed by atoms with Crippen LogP contribution in [-0.4, -0.2) is 40.0 Å². The van der Waals surface area contributed by atoms with Crippen molar-refractivity contribution in [2.75, 3.05) is 5.32 Å². The molecular formula is C33H46ClN3O4. The Morgan fingerprint density at radius 3 is 2.24 bits per heavy atom. The number of ether oxygens (including phenoxy) is 1. The van der Waals surface area contributed by atoms with Gasteiger partial charge in [-0.3, -0.25) is 9.59 Å². The summed E-state index contributed by atoms with van der Waals surface area (Å²) in [5.41, 5.74) is 1.18. The summed E-state index contributed by atoms with van der Waals surface area (Å²) >= 11 is 6.48. The number of nitrogens with zero attached hydrogens (tertiary/aromatic N) is 1. The molecule has 0 aliphatic heterocycles. The highest BCUT2D eigenvalue weighted by Crippen LogP contribution is 2.35. The van der Waals surface area contributed by atoms with Gasteiger partial charge in [-0.2, -0.15) is 0 Å². The maximum Gasteiger partial charge on any atom is 0.408 e. The summed E-state index contributed by atoms with van der Waals surface area (Å²) in [5, 5.41) is 6.19. The lowest BCUT2D eigenvalue weighted by Gasteiger charge is -2.45. The number of carbonyl (C=O) groups is 3. The quantitative estimate of drug-likeness (QED) is 0.281. The van der Waals surface area contributed by atoms with E-state index in [4.69, 9.17) is 16.3 Å². The first-order chi connectivity index (χ1) is 19.0. The van der Waals surface area contributed by atoms with Gasteiger partial charge in [-0.25, -0.2) is 4.79 Å². The van der Waals surface area contributed by atoms with Crippen molar-refractivity contribution in [2.45, 2.75) is 98.4 Å². The smallest absolute Gasteiger partial charge is 0.408 e. The average molecular weight is 584 g/mol. The predicted molar refractivity (Wildman–Crippen MR) is 168 cm³/mol. The summed E-state index contributed by atoms with van der Waals surface area (Å²) in [6, 6.07) is 10.8. The Bertz CT molecular complexity index is 1230. The molecule has 0 fully saturated rings. The summed E-state index contributed by atoms with van der Waals surface area (Å²) in [5.74, 6) is -0.720. The van der Waals surface area contributed by atoms with Crippen LogP contribution in [-0.2, 0) is 14.3 Å². The van der Waals surface area contributed by atoms with Crippen LogP contribution in [0.25, 0.3) is 6.08 Å². The fourth-order valence-corrected chi connectivity index (χ4v) is 4.78. The minimum Gasteiger partial charge on any atom is -0.444 e. The van der Waals surface area contributed by atoms with Gasteiger partial charge in [-0.05, 0) is 89.1 Å². The molecule has 8 heteroatoms. The first-order valence-corrected chi connectivity index (χ1v) is 14.5. The largest absolute Gasteiger partial charge is 0.444 e. The Kier molecular flexibility index (Phi) is 11.6. The molecule has 224 valence electrons. The highest BCUT2D eigenvalue weighted by molar-refractivity contribution is 6.34. The SMILES string of the molecule is C=Cc1cccc(C(C(=O)Nc2c(C)cccc2Cl)N(C(=O)C(CC(C)C)NC(=O)OC(C)(C)C)C(C)(C)CC)c1. The van der Waals surface area contributed by atoms with Crippen LogP contribution >= 0.6 is 11.6 Å². The third-order valence-electron chi connectivity index (χ3n) is 6.89. The number of carbonyl (C=O) groups excluding carboxylic acids is 3. The first-order valence-electron chi connectivity index (χ1n) is 14.1. The molecule has 0 spiro atoms. The van der Waals surface area contributed by atoms with E-state index >= 15 is 0 Å². The molecule has 2 unspecified atom stereocenters. The van der Waals surface area contributed by atoms with Crippen LogP contribution in [0.4, 0.5) is 10.5 Å². The standard InChI is InChI=1S/C33H46ClN3O4/c1-11-23-16-14-17-24(20-23)28(29(38)36-27-22(5)15-13-18-25(27)34)37(33(9,10)12-2)30(39)26(19-21(3)4)35-31(40)41-32(6,7)8/h11,13-18,20-21,26,28H,1,12,19H2,2-10H3,(H,35,40)(H,36,38). The van der Waals surface area contributed by atoms with Gasteiger partial charge in [0.15, 0.2) is 0 Å². The zero-order chi connectivity index (χ0) is 31.1. The van der Waals surface area contributed by atoms with Crippen LogP contribution in [0.5, 0.6) is 0 Å². The first kappa shape index (κ1) is 33.9. The zero-order valence-corrected chi connectivity index (χ0v) is 26.7. The van der Waals surface area contributed by atoms with Crippen LogP contribution in [0.1, 0.15) is 91.0 Å². The van der Waals surface area contributed by atoms with Crippen molar-refractivity contribution in [3.63, 3.8) is 0 Å². The Labute approximate surface area is 250 Å². The lowest BCUT2D eigenvalue weighted by atomic mass is 9.90. The van der Waals surface area contributed by atoms with Gasteiger partial charge in [0.05, 0.1) is 10.7 Å². The lowest BCUT2D eigenvalue weighted by Crippen LogP contribution is -2.59. The van der Waals surface area contributed by atoms with Crippen molar-refractivity contribution >= 4 is 41.3 Å². The van der Waals surface area contributed by atoms with Crippen LogP contribution in [0.3, 0.4) is 0 Å². The van der Waals surface area contributed by atoms with Crippen molar-refractivity contribution in [1.29, 1.82) is 0 Å². The van der Waals surface area contributed by atoms with Crippen molar-refractivity contribution in [3.05, 3.63) is 70.8 Å². The molecule has 0 aromatic heterocycles. The maximum absolute atomic E-state index is 14.6. The minimum absolute atomic E-state index is 0.0765. The van der Waals surface area contributed by atoms with Gasteiger partial charge in [-0.15, -0.1) is 0 Å². The summed E-state index contributed by atoms with van der Waals surface area (Å²) in [4.78, 5) is 43.3. The van der Waals surface area contributed by atoms with Crippen LogP contribution < -0.4 is 10.6 Å². The number of hydrogen-bond donors (Lipinski definition) is 2. The second-order valence-electron chi connectivity index (χ2n) is 12.4. The highest BCUT2D eigenvalue weighted by atomic mass is 35.5. The molecule has 7 nitrogen and oxygen atoms in total. The molecule has 2 aromatic carbocycles. The number of anilines is 1. The van der Waals surface area contributed by atoms with E-state index in [-0.39, 0.29) is 11.8 Å². The van der Waals surface area contributed by atoms with E-state index in [1.54, 1.807) is 37.8 Å². The van der Waals surface area contributed by atoms with E-state index in [1.165, 1.54) is 0 Å². The third kappa shape index (κ3) is 9.35. The number of rotatable bonds is 11. The molecular weight excluding hydrogens is 538 g/mol. The van der Waals surface area contributed by atoms with Gasteiger partial charge in [0.2, 0.25) is 5.91 Å². The molecule has 2 rings (SSSR count). The zero-order valence-electron chi connectivity index (χ0n) is 25.9. The molecule has 0 aliphatic carbocycles. The van der Waals surface area contributed by atoms with E-state index in [2.05, 4.69) is 17.2 Å². The van der Waals surface area contributed by atoms with E-state index in [1.807, 2.05) is 77.9 Å². The van der Waals surface area contributed by atoms with Crippen molar-refractivity contribution in [2.24, 2.45) is 5.92 Å². The minimum atomic E-state index is -1.04. The van der Waals surface area contributed by atoms with E-state index in [0.29, 0.717) is 29.1 Å². The Morgan fingerprint density at radius 2 is 1.71 bits per heavy atom. The topological polar surface area (TPSA) is 87.7 Å². The number of para-hydroxylation sites is 1. The molecule has 2 aromatic rings. The maximum atomic E-state index is 14.6. The number of halogens is 1. The fraction of sp³-hybridized carbons (Fsp3) is 0.485. The molecule has 0 saturated carbocycles. The molecule has 0 bridgehead atoms. The van der Waals surface area contributed by atoms with Crippen LogP contribution in [0.2, 0.25) is 5.02 Å². The van der Waals surface area contributed by atoms with E-state index < -0.39 is 35.2 Å². The summed E-state index contributed by atoms with van der Waals surface area (Å²) in [6.45, 7) is 20.8. The number of benzene rings is 2. The summed E-state index contributed by atoms with van der Waals surface area (Å²) in [6.07, 6.45) is 1.92. The van der Waals surface area contributed by atoms with Crippen molar-refractivity contribution < 1.29 is 19.1 Å². The van der Waals surface area contributed by atoms with Gasteiger partial charge in [0.1, 0.15) is 17.7 Å². The normalized spacial score (nSPS) is 13.2. The number of amides is 3. The summed E-state index contributed by atoms with van der Waals surface area (Å²) in [7, 11) is 0. The van der Waals surface area contributed by atoms with E-state index in [0.717, 1.165) is 11.1 Å². The van der Waals surface area contributed by atoms with Gasteiger partial charge in [0.25, 0.3) is 5.91 Å². The molecule has 2 N–H and O–H groups in total. The van der Waals surface area contributed by atoms with Gasteiger partial charge < -0.3 is 20.3 Å². The number of aryl methyl sites for hydroxylation is 1. The third-order valence-corrected chi connectivity index (χ3v) is 7.20. The molecule has 2 atom stereocenters. The molecule has 0 aliphatic rings. The second kappa shape index (κ2) is 14.0. The van der Waals surface area contributed by atoms with Gasteiger partial charge >= 0.3 is 6.09 Å². The highest BCUT2D eigenvalue weighted by Gasteiger charge is 2.43. The number of alkyl carbamates (subject to hydrolysis) is 1. The van der Waals surface area contributed by atoms with Crippen molar-refractivity contribution in [3.8, 4) is 0 Å². The Hall–Kier alpha value is -3.32. The van der Waals surface area contributed by atoms with Gasteiger partial charge in [0, 0.05) is 5.54 Å². The molecule has 0 saturated heterocycles. The number of hydrogen-bond acceptors (Lipinski definition) is 4. The Morgan fingerprint density at radius 1 is 1.07 bits per heavy atom. The Balaban J connectivity index is 2.72. The lowest BCUT2D eigenvalue weighted by molar-refractivity contribution is -0.148. The predicted octanol–water partition coefficient (Wildman–Crippen LogP) is 7.93. The fourth-order valence-electron chi connectivity index (χ4n) is 4.51.